The Morgan fingerprint density at radius 3 is 2.40 bits per heavy atom. The first-order valence-electron chi connectivity index (χ1n) is 11.4. The summed E-state index contributed by atoms with van der Waals surface area (Å²) < 4.78 is 31.2. The molecule has 1 heterocycles. The number of carbonyl (C=O) groups is 1. The fraction of sp³-hybridized carbons (Fsp3) is 0.222. The Kier molecular flexibility index (Phi) is 7.12. The lowest BCUT2D eigenvalue weighted by molar-refractivity contribution is -0.121. The number of rotatable bonds is 9. The van der Waals surface area contributed by atoms with Gasteiger partial charge >= 0.3 is 0 Å². The van der Waals surface area contributed by atoms with Gasteiger partial charge in [-0.25, -0.2) is 8.42 Å². The van der Waals surface area contributed by atoms with Gasteiger partial charge in [-0.05, 0) is 66.4 Å². The van der Waals surface area contributed by atoms with Crippen molar-refractivity contribution >= 4 is 32.5 Å². The van der Waals surface area contributed by atoms with E-state index in [0.29, 0.717) is 17.7 Å². The molecule has 1 amide bonds. The minimum atomic E-state index is -3.43. The van der Waals surface area contributed by atoms with Gasteiger partial charge in [0.2, 0.25) is 15.9 Å². The van der Waals surface area contributed by atoms with E-state index in [4.69, 9.17) is 4.74 Å². The molecule has 0 spiro atoms. The summed E-state index contributed by atoms with van der Waals surface area (Å²) in [6.07, 6.45) is 1.94. The van der Waals surface area contributed by atoms with E-state index in [1.54, 1.807) is 25.3 Å². The van der Waals surface area contributed by atoms with Gasteiger partial charge in [0.15, 0.2) is 0 Å². The maximum atomic E-state index is 12.9. The first-order chi connectivity index (χ1) is 16.7. The number of ether oxygens (including phenoxy) is 1. The van der Waals surface area contributed by atoms with Crippen molar-refractivity contribution in [2.75, 3.05) is 18.1 Å². The molecule has 3 N–H and O–H groups in total. The van der Waals surface area contributed by atoms with E-state index in [-0.39, 0.29) is 18.4 Å². The van der Waals surface area contributed by atoms with Crippen LogP contribution in [-0.4, -0.2) is 32.7 Å². The summed E-state index contributed by atoms with van der Waals surface area (Å²) in [5, 5.41) is 4.09. The molecule has 182 valence electrons. The van der Waals surface area contributed by atoms with Crippen LogP contribution in [0.25, 0.3) is 22.2 Å². The molecule has 0 saturated heterocycles. The summed E-state index contributed by atoms with van der Waals surface area (Å²) in [6, 6.07) is 22.6. The number of para-hydroxylation sites is 2. The second-order valence-electron chi connectivity index (χ2n) is 8.50. The average Bonchev–Trinajstić information content (AvgIpc) is 3.20. The first-order valence-corrected chi connectivity index (χ1v) is 13.2. The number of benzene rings is 3. The van der Waals surface area contributed by atoms with Gasteiger partial charge in [-0.1, -0.05) is 36.4 Å². The molecule has 0 aliphatic carbocycles. The lowest BCUT2D eigenvalue weighted by Crippen LogP contribution is -2.27. The number of anilines is 1. The largest absolute Gasteiger partial charge is 0.497 e. The van der Waals surface area contributed by atoms with Crippen molar-refractivity contribution in [1.29, 1.82) is 0 Å². The number of sulfonamides is 1. The van der Waals surface area contributed by atoms with E-state index in [1.165, 1.54) is 0 Å². The first kappa shape index (κ1) is 24.3. The fourth-order valence-electron chi connectivity index (χ4n) is 4.26. The van der Waals surface area contributed by atoms with E-state index in [2.05, 4.69) is 21.1 Å². The highest BCUT2D eigenvalue weighted by Gasteiger charge is 2.18. The lowest BCUT2D eigenvalue weighted by atomic mass is 10.0. The molecule has 1 unspecified atom stereocenters. The second-order valence-corrected chi connectivity index (χ2v) is 10.3. The summed E-state index contributed by atoms with van der Waals surface area (Å²) in [5.74, 6) is 0.669. The fourth-order valence-corrected chi connectivity index (χ4v) is 4.85. The molecule has 3 aromatic carbocycles. The summed E-state index contributed by atoms with van der Waals surface area (Å²) in [6.45, 7) is 1.84. The van der Waals surface area contributed by atoms with E-state index in [9.17, 15) is 13.2 Å². The number of nitrogens with one attached hydrogen (secondary N) is 3. The molecule has 0 saturated carbocycles. The zero-order chi connectivity index (χ0) is 25.0. The van der Waals surface area contributed by atoms with Gasteiger partial charge in [-0.2, -0.15) is 0 Å². The molecule has 1 aromatic heterocycles. The van der Waals surface area contributed by atoms with Crippen LogP contribution in [0, 0.1) is 0 Å². The van der Waals surface area contributed by atoms with Crippen molar-refractivity contribution in [1.82, 2.24) is 10.3 Å². The Morgan fingerprint density at radius 2 is 1.69 bits per heavy atom. The quantitative estimate of drug-likeness (QED) is 0.306. The van der Waals surface area contributed by atoms with Crippen LogP contribution in [0.5, 0.6) is 5.75 Å². The third kappa shape index (κ3) is 5.84. The molecule has 0 aliphatic heterocycles. The van der Waals surface area contributed by atoms with Crippen molar-refractivity contribution in [2.24, 2.45) is 0 Å². The maximum absolute atomic E-state index is 12.9. The number of H-pyrrole nitrogens is 1. The molecule has 0 aliphatic rings. The smallest absolute Gasteiger partial charge is 0.229 e. The summed E-state index contributed by atoms with van der Waals surface area (Å²) >= 11 is 0. The Morgan fingerprint density at radius 1 is 1.00 bits per heavy atom. The number of aromatic amines is 1. The van der Waals surface area contributed by atoms with Crippen LogP contribution in [0.15, 0.2) is 72.8 Å². The lowest BCUT2D eigenvalue weighted by Gasteiger charge is -2.18. The normalized spacial score (nSPS) is 12.3. The molecule has 4 rings (SSSR count). The predicted molar refractivity (Wildman–Crippen MR) is 140 cm³/mol. The molecule has 1 atom stereocenters. The van der Waals surface area contributed by atoms with Gasteiger partial charge in [-0.15, -0.1) is 0 Å². The van der Waals surface area contributed by atoms with Crippen LogP contribution in [0.3, 0.4) is 0 Å². The molecule has 4 aromatic rings. The topological polar surface area (TPSA) is 100 Å². The van der Waals surface area contributed by atoms with Crippen LogP contribution in [0.4, 0.5) is 5.69 Å². The number of aromatic nitrogens is 1. The van der Waals surface area contributed by atoms with Gasteiger partial charge in [-0.3, -0.25) is 9.52 Å². The number of fused-ring (bicyclic) bond motifs is 1. The molecule has 35 heavy (non-hydrogen) atoms. The predicted octanol–water partition coefficient (Wildman–Crippen LogP) is 5.03. The van der Waals surface area contributed by atoms with Crippen LogP contribution in [-0.2, 0) is 21.2 Å². The Bertz CT molecular complexity index is 1440. The van der Waals surface area contributed by atoms with Crippen molar-refractivity contribution in [2.45, 2.75) is 25.8 Å². The van der Waals surface area contributed by atoms with Gasteiger partial charge in [0.25, 0.3) is 0 Å². The number of aryl methyl sites for hydroxylation is 1. The zero-order valence-electron chi connectivity index (χ0n) is 20.0. The molecule has 0 fully saturated rings. The molecule has 0 bridgehead atoms. The number of amides is 1. The molecule has 8 heteroatoms. The Hall–Kier alpha value is -3.78. The Labute approximate surface area is 205 Å². The van der Waals surface area contributed by atoms with Crippen molar-refractivity contribution in [3.63, 3.8) is 0 Å². The van der Waals surface area contributed by atoms with Crippen LogP contribution in [0.1, 0.15) is 30.5 Å². The van der Waals surface area contributed by atoms with Gasteiger partial charge in [0.05, 0.1) is 25.1 Å². The third-order valence-corrected chi connectivity index (χ3v) is 6.49. The van der Waals surface area contributed by atoms with E-state index in [0.717, 1.165) is 39.7 Å². The van der Waals surface area contributed by atoms with E-state index in [1.807, 2.05) is 55.5 Å². The minimum absolute atomic E-state index is 0.113. The number of methoxy groups -OCH3 is 1. The monoisotopic (exact) mass is 491 g/mol. The van der Waals surface area contributed by atoms with E-state index >= 15 is 0 Å². The van der Waals surface area contributed by atoms with Gasteiger partial charge < -0.3 is 15.0 Å². The maximum Gasteiger partial charge on any atom is 0.229 e. The Balaban J connectivity index is 1.52. The van der Waals surface area contributed by atoms with Crippen LogP contribution in [0.2, 0.25) is 0 Å². The molecular formula is C27H29N3O4S. The SMILES string of the molecule is COc1ccc(-c2[nH]c3ccccc3c2CCC(=O)NC(C)c2ccccc2NS(C)(=O)=O)cc1. The zero-order valence-corrected chi connectivity index (χ0v) is 20.8. The number of hydrogen-bond acceptors (Lipinski definition) is 4. The molecule has 0 radical (unpaired) electrons. The highest BCUT2D eigenvalue weighted by molar-refractivity contribution is 7.92. The van der Waals surface area contributed by atoms with Gasteiger partial charge in [0, 0.05) is 23.0 Å². The van der Waals surface area contributed by atoms with Crippen molar-refractivity contribution in [3.05, 3.63) is 83.9 Å². The highest BCUT2D eigenvalue weighted by atomic mass is 32.2. The highest BCUT2D eigenvalue weighted by Crippen LogP contribution is 2.32. The molecular weight excluding hydrogens is 462 g/mol. The molecule has 7 nitrogen and oxygen atoms in total. The second kappa shape index (κ2) is 10.2. The average molecular weight is 492 g/mol. The summed E-state index contributed by atoms with van der Waals surface area (Å²) in [7, 11) is -1.79. The summed E-state index contributed by atoms with van der Waals surface area (Å²) in [4.78, 5) is 16.4. The van der Waals surface area contributed by atoms with Crippen LogP contribution >= 0.6 is 0 Å². The third-order valence-electron chi connectivity index (χ3n) is 5.89. The standard InChI is InChI=1S/C27H29N3O4S/c1-18(21-8-4-7-11-25(21)30-35(3,32)33)28-26(31)17-16-23-22-9-5-6-10-24(22)29-27(23)19-12-14-20(34-2)15-13-19/h4-15,18,29-30H,16-17H2,1-3H3,(H,28,31). The number of carbonyl (C=O) groups excluding carboxylic acids is 1. The van der Waals surface area contributed by atoms with Crippen LogP contribution < -0.4 is 14.8 Å². The summed E-state index contributed by atoms with van der Waals surface area (Å²) in [5.41, 5.74) is 5.26. The van der Waals surface area contributed by atoms with E-state index < -0.39 is 10.0 Å². The minimum Gasteiger partial charge on any atom is -0.497 e. The number of hydrogen-bond donors (Lipinski definition) is 3. The van der Waals surface area contributed by atoms with Gasteiger partial charge in [0.1, 0.15) is 5.75 Å². The van der Waals surface area contributed by atoms with Crippen molar-refractivity contribution in [3.8, 4) is 17.0 Å². The van der Waals surface area contributed by atoms with Crippen molar-refractivity contribution < 1.29 is 17.9 Å².